The second kappa shape index (κ2) is 7.99. The minimum atomic E-state index is 0.185. The van der Waals surface area contributed by atoms with E-state index in [2.05, 4.69) is 14.9 Å². The number of carbonyl (C=O) groups excluding carboxylic acids is 1. The standard InChI is InChI=1S/C15H24N4O2S/c20-15(12-18-4-1-3-16-18)19-5-2-10-22-13-14(19)11-17-6-8-21-9-7-17/h1,3-4,14H,2,5-13H2. The molecule has 1 aromatic rings. The molecule has 1 atom stereocenters. The molecule has 1 aromatic heterocycles. The fourth-order valence-corrected chi connectivity index (χ4v) is 4.07. The first-order valence-electron chi connectivity index (χ1n) is 7.97. The maximum Gasteiger partial charge on any atom is 0.244 e. The molecule has 122 valence electrons. The summed E-state index contributed by atoms with van der Waals surface area (Å²) in [5, 5.41) is 4.15. The van der Waals surface area contributed by atoms with Gasteiger partial charge < -0.3 is 9.64 Å². The third kappa shape index (κ3) is 4.24. The molecule has 0 bridgehead atoms. The average molecular weight is 324 g/mol. The molecule has 0 spiro atoms. The molecule has 2 fully saturated rings. The monoisotopic (exact) mass is 324 g/mol. The molecular weight excluding hydrogens is 300 g/mol. The van der Waals surface area contributed by atoms with Crippen LogP contribution in [0.15, 0.2) is 18.5 Å². The summed E-state index contributed by atoms with van der Waals surface area (Å²) in [6, 6.07) is 2.16. The normalized spacial score (nSPS) is 24.2. The van der Waals surface area contributed by atoms with Gasteiger partial charge in [0.1, 0.15) is 6.54 Å². The van der Waals surface area contributed by atoms with Crippen LogP contribution >= 0.6 is 11.8 Å². The van der Waals surface area contributed by atoms with Gasteiger partial charge in [-0.3, -0.25) is 14.4 Å². The quantitative estimate of drug-likeness (QED) is 0.809. The van der Waals surface area contributed by atoms with Gasteiger partial charge >= 0.3 is 0 Å². The zero-order chi connectivity index (χ0) is 15.2. The zero-order valence-corrected chi connectivity index (χ0v) is 13.7. The second-order valence-corrected chi connectivity index (χ2v) is 6.94. The van der Waals surface area contributed by atoms with Crippen molar-refractivity contribution in [1.82, 2.24) is 19.6 Å². The summed E-state index contributed by atoms with van der Waals surface area (Å²) >= 11 is 1.97. The van der Waals surface area contributed by atoms with Crippen LogP contribution < -0.4 is 0 Å². The van der Waals surface area contributed by atoms with Crippen LogP contribution in [-0.2, 0) is 16.1 Å². The van der Waals surface area contributed by atoms with Gasteiger partial charge in [-0.05, 0) is 18.2 Å². The molecule has 0 aliphatic carbocycles. The largest absolute Gasteiger partial charge is 0.379 e. The van der Waals surface area contributed by atoms with Gasteiger partial charge in [0, 0.05) is 44.3 Å². The molecule has 3 heterocycles. The third-order valence-electron chi connectivity index (χ3n) is 4.19. The highest BCUT2D eigenvalue weighted by Crippen LogP contribution is 2.18. The number of morpholine rings is 1. The van der Waals surface area contributed by atoms with Crippen molar-refractivity contribution < 1.29 is 9.53 Å². The van der Waals surface area contributed by atoms with E-state index in [0.717, 1.165) is 57.3 Å². The maximum atomic E-state index is 12.7. The van der Waals surface area contributed by atoms with Crippen molar-refractivity contribution >= 4 is 17.7 Å². The summed E-state index contributed by atoms with van der Waals surface area (Å²) in [6.07, 6.45) is 4.65. The first-order chi connectivity index (χ1) is 10.8. The van der Waals surface area contributed by atoms with Gasteiger partial charge in [-0.2, -0.15) is 16.9 Å². The molecule has 6 nitrogen and oxygen atoms in total. The van der Waals surface area contributed by atoms with E-state index in [1.165, 1.54) is 0 Å². The van der Waals surface area contributed by atoms with Crippen molar-refractivity contribution in [2.75, 3.05) is 50.9 Å². The number of thioether (sulfide) groups is 1. The molecule has 0 aromatic carbocycles. The molecule has 7 heteroatoms. The number of rotatable bonds is 4. The summed E-state index contributed by atoms with van der Waals surface area (Å²) in [7, 11) is 0. The number of carbonyl (C=O) groups is 1. The summed E-state index contributed by atoms with van der Waals surface area (Å²) in [5.74, 6) is 2.36. The van der Waals surface area contributed by atoms with Crippen molar-refractivity contribution in [1.29, 1.82) is 0 Å². The van der Waals surface area contributed by atoms with Gasteiger partial charge in [-0.25, -0.2) is 0 Å². The summed E-state index contributed by atoms with van der Waals surface area (Å²) in [5.41, 5.74) is 0. The SMILES string of the molecule is O=C(Cn1cccn1)N1CCCSCC1CN1CCOCC1. The Morgan fingerprint density at radius 1 is 1.32 bits per heavy atom. The van der Waals surface area contributed by atoms with E-state index in [1.807, 2.05) is 24.0 Å². The molecule has 1 amide bonds. The molecule has 0 N–H and O–H groups in total. The number of nitrogens with zero attached hydrogens (tertiary/aromatic N) is 4. The summed E-state index contributed by atoms with van der Waals surface area (Å²) in [4.78, 5) is 17.2. The van der Waals surface area contributed by atoms with Crippen molar-refractivity contribution in [3.05, 3.63) is 18.5 Å². The number of hydrogen-bond donors (Lipinski definition) is 0. The van der Waals surface area contributed by atoms with Crippen molar-refractivity contribution in [2.45, 2.75) is 19.0 Å². The molecule has 1 unspecified atom stereocenters. The molecule has 22 heavy (non-hydrogen) atoms. The Balaban J connectivity index is 1.62. The Morgan fingerprint density at radius 2 is 2.18 bits per heavy atom. The van der Waals surface area contributed by atoms with Crippen LogP contribution in [0.1, 0.15) is 6.42 Å². The van der Waals surface area contributed by atoms with Crippen LogP contribution in [0, 0.1) is 0 Å². The number of ether oxygens (including phenoxy) is 1. The molecule has 2 aliphatic heterocycles. The highest BCUT2D eigenvalue weighted by molar-refractivity contribution is 7.99. The van der Waals surface area contributed by atoms with E-state index in [4.69, 9.17) is 4.74 Å². The van der Waals surface area contributed by atoms with Crippen molar-refractivity contribution in [2.24, 2.45) is 0 Å². The van der Waals surface area contributed by atoms with E-state index < -0.39 is 0 Å². The molecule has 2 aliphatic rings. The number of aromatic nitrogens is 2. The average Bonchev–Trinajstić information content (AvgIpc) is 2.93. The van der Waals surface area contributed by atoms with Gasteiger partial charge in [0.2, 0.25) is 5.91 Å². The Morgan fingerprint density at radius 3 is 2.95 bits per heavy atom. The first-order valence-corrected chi connectivity index (χ1v) is 9.13. The van der Waals surface area contributed by atoms with Gasteiger partial charge in [0.05, 0.1) is 19.3 Å². The van der Waals surface area contributed by atoms with E-state index in [9.17, 15) is 4.79 Å². The molecule has 3 rings (SSSR count). The minimum absolute atomic E-state index is 0.185. The smallest absolute Gasteiger partial charge is 0.244 e. The van der Waals surface area contributed by atoms with E-state index in [-0.39, 0.29) is 5.91 Å². The Labute approximate surface area is 135 Å². The fourth-order valence-electron chi connectivity index (χ4n) is 3.01. The van der Waals surface area contributed by atoms with Crippen LogP contribution in [-0.4, -0.2) is 82.4 Å². The molecule has 0 radical (unpaired) electrons. The van der Waals surface area contributed by atoms with E-state index >= 15 is 0 Å². The van der Waals surface area contributed by atoms with E-state index in [1.54, 1.807) is 10.9 Å². The zero-order valence-electron chi connectivity index (χ0n) is 12.9. The Bertz CT molecular complexity index is 462. The van der Waals surface area contributed by atoms with Crippen LogP contribution in [0.5, 0.6) is 0 Å². The predicted octanol–water partition coefficient (Wildman–Crippen LogP) is 0.549. The van der Waals surface area contributed by atoms with Crippen molar-refractivity contribution in [3.63, 3.8) is 0 Å². The van der Waals surface area contributed by atoms with Crippen LogP contribution in [0.3, 0.4) is 0 Å². The topological polar surface area (TPSA) is 50.6 Å². The van der Waals surface area contributed by atoms with Gasteiger partial charge in [0.25, 0.3) is 0 Å². The van der Waals surface area contributed by atoms with Crippen LogP contribution in [0.4, 0.5) is 0 Å². The molecule has 0 saturated carbocycles. The van der Waals surface area contributed by atoms with E-state index in [0.29, 0.717) is 12.6 Å². The van der Waals surface area contributed by atoms with Gasteiger partial charge in [-0.15, -0.1) is 0 Å². The highest BCUT2D eigenvalue weighted by atomic mass is 32.2. The Kier molecular flexibility index (Phi) is 5.75. The summed E-state index contributed by atoms with van der Waals surface area (Å²) in [6.45, 7) is 5.73. The highest BCUT2D eigenvalue weighted by Gasteiger charge is 2.28. The lowest BCUT2D eigenvalue weighted by Crippen LogP contribution is -2.51. The van der Waals surface area contributed by atoms with Crippen LogP contribution in [0.25, 0.3) is 0 Å². The van der Waals surface area contributed by atoms with Gasteiger partial charge in [-0.1, -0.05) is 0 Å². The summed E-state index contributed by atoms with van der Waals surface area (Å²) < 4.78 is 7.13. The number of amides is 1. The Hall–Kier alpha value is -1.05. The number of hydrogen-bond acceptors (Lipinski definition) is 5. The third-order valence-corrected chi connectivity index (χ3v) is 5.39. The first kappa shape index (κ1) is 15.8. The minimum Gasteiger partial charge on any atom is -0.379 e. The second-order valence-electron chi connectivity index (χ2n) is 5.79. The predicted molar refractivity (Wildman–Crippen MR) is 86.9 cm³/mol. The maximum absolute atomic E-state index is 12.7. The molecule has 2 saturated heterocycles. The fraction of sp³-hybridized carbons (Fsp3) is 0.733. The van der Waals surface area contributed by atoms with Gasteiger partial charge in [0.15, 0.2) is 0 Å². The lowest BCUT2D eigenvalue weighted by Gasteiger charge is -2.35. The van der Waals surface area contributed by atoms with Crippen LogP contribution in [0.2, 0.25) is 0 Å². The lowest BCUT2D eigenvalue weighted by atomic mass is 10.2. The molecular formula is C15H24N4O2S. The van der Waals surface area contributed by atoms with Crippen molar-refractivity contribution in [3.8, 4) is 0 Å². The lowest BCUT2D eigenvalue weighted by molar-refractivity contribution is -0.134.